The maximum atomic E-state index is 10.3. The molecule has 0 fully saturated rings. The molecular weight excluding hydrogens is 178 g/mol. The van der Waals surface area contributed by atoms with Gasteiger partial charge in [-0.3, -0.25) is 0 Å². The molecule has 7 nitrogen and oxygen atoms in total. The first kappa shape index (κ1) is 9.62. The molecule has 0 aliphatic carbocycles. The van der Waals surface area contributed by atoms with Crippen molar-refractivity contribution in [3.63, 3.8) is 0 Å². The molecule has 1 aromatic rings. The zero-order chi connectivity index (χ0) is 10.0. The van der Waals surface area contributed by atoms with Gasteiger partial charge in [-0.2, -0.15) is 4.98 Å². The maximum absolute atomic E-state index is 10.3. The number of aromatic nitrogens is 2. The van der Waals surface area contributed by atoms with Crippen LogP contribution >= 0.6 is 0 Å². The Hall–Kier alpha value is -1.47. The standard InChI is InChI=1S/C6H9N3O4/c1-2(10)3(7)5-8-4(6(11)12)9-13-5/h2-3,10H,7H2,1H3,(H,11,12). The molecule has 2 unspecified atom stereocenters. The van der Waals surface area contributed by atoms with Crippen LogP contribution in [0, 0.1) is 0 Å². The molecule has 1 aromatic heterocycles. The number of carboxylic acids is 1. The highest BCUT2D eigenvalue weighted by Gasteiger charge is 2.21. The van der Waals surface area contributed by atoms with Gasteiger partial charge < -0.3 is 20.5 Å². The molecule has 0 bridgehead atoms. The molecule has 1 heterocycles. The molecule has 1 rings (SSSR count). The SMILES string of the molecule is CC(O)C(N)c1nc(C(=O)O)no1. The van der Waals surface area contributed by atoms with Crippen LogP contribution in [0.3, 0.4) is 0 Å². The topological polar surface area (TPSA) is 122 Å². The number of hydrogen-bond donors (Lipinski definition) is 3. The van der Waals surface area contributed by atoms with Gasteiger partial charge >= 0.3 is 5.97 Å². The van der Waals surface area contributed by atoms with Crippen molar-refractivity contribution in [2.24, 2.45) is 5.73 Å². The third kappa shape index (κ3) is 2.01. The quantitative estimate of drug-likeness (QED) is 0.563. The Labute approximate surface area is 73.2 Å². The van der Waals surface area contributed by atoms with Crippen molar-refractivity contribution in [1.82, 2.24) is 10.1 Å². The highest BCUT2D eigenvalue weighted by molar-refractivity contribution is 5.82. The van der Waals surface area contributed by atoms with Crippen LogP contribution in [0.1, 0.15) is 29.5 Å². The van der Waals surface area contributed by atoms with Gasteiger partial charge in [0.1, 0.15) is 6.04 Å². The molecule has 13 heavy (non-hydrogen) atoms. The van der Waals surface area contributed by atoms with E-state index >= 15 is 0 Å². The van der Waals surface area contributed by atoms with Crippen LogP contribution in [-0.2, 0) is 0 Å². The molecule has 0 radical (unpaired) electrons. The number of aliphatic hydroxyl groups excluding tert-OH is 1. The summed E-state index contributed by atoms with van der Waals surface area (Å²) in [4.78, 5) is 13.8. The first-order valence-electron chi connectivity index (χ1n) is 3.53. The van der Waals surface area contributed by atoms with Crippen LogP contribution < -0.4 is 5.73 Å². The van der Waals surface area contributed by atoms with E-state index in [0.717, 1.165) is 0 Å². The van der Waals surface area contributed by atoms with Crippen LogP contribution in [-0.4, -0.2) is 32.4 Å². The Bertz CT molecular complexity index is 309. The van der Waals surface area contributed by atoms with E-state index in [4.69, 9.17) is 15.9 Å². The van der Waals surface area contributed by atoms with E-state index in [1.54, 1.807) is 0 Å². The minimum atomic E-state index is -1.30. The first-order valence-corrected chi connectivity index (χ1v) is 3.53. The van der Waals surface area contributed by atoms with Crippen molar-refractivity contribution in [3.05, 3.63) is 11.7 Å². The number of hydrogen-bond acceptors (Lipinski definition) is 6. The molecule has 0 amide bonds. The number of carboxylic acid groups (broad SMARTS) is 1. The molecule has 0 saturated heterocycles. The van der Waals surface area contributed by atoms with E-state index in [1.165, 1.54) is 6.92 Å². The number of aromatic carboxylic acids is 1. The van der Waals surface area contributed by atoms with Crippen molar-refractivity contribution >= 4 is 5.97 Å². The highest BCUT2D eigenvalue weighted by atomic mass is 16.5. The van der Waals surface area contributed by atoms with Crippen LogP contribution in [0.4, 0.5) is 0 Å². The van der Waals surface area contributed by atoms with E-state index in [0.29, 0.717) is 0 Å². The van der Waals surface area contributed by atoms with E-state index in [9.17, 15) is 4.79 Å². The monoisotopic (exact) mass is 187 g/mol. The Kier molecular flexibility index (Phi) is 2.59. The Balaban J connectivity index is 2.85. The second-order valence-electron chi connectivity index (χ2n) is 2.53. The van der Waals surface area contributed by atoms with Gasteiger partial charge in [-0.05, 0) is 12.1 Å². The number of carbonyl (C=O) groups is 1. The average molecular weight is 187 g/mol. The normalized spacial score (nSPS) is 15.3. The predicted molar refractivity (Wildman–Crippen MR) is 39.9 cm³/mol. The number of rotatable bonds is 3. The van der Waals surface area contributed by atoms with Crippen molar-refractivity contribution in [2.75, 3.05) is 0 Å². The number of aliphatic hydroxyl groups is 1. The fourth-order valence-corrected chi connectivity index (χ4v) is 0.664. The molecule has 0 aromatic carbocycles. The molecule has 72 valence electrons. The van der Waals surface area contributed by atoms with Crippen LogP contribution in [0.15, 0.2) is 4.52 Å². The van der Waals surface area contributed by atoms with Gasteiger partial charge in [0.15, 0.2) is 0 Å². The molecule has 4 N–H and O–H groups in total. The van der Waals surface area contributed by atoms with E-state index < -0.39 is 23.9 Å². The van der Waals surface area contributed by atoms with Crippen molar-refractivity contribution in [3.8, 4) is 0 Å². The van der Waals surface area contributed by atoms with Crippen molar-refractivity contribution in [1.29, 1.82) is 0 Å². The fourth-order valence-electron chi connectivity index (χ4n) is 0.664. The summed E-state index contributed by atoms with van der Waals surface area (Å²) in [6.45, 7) is 1.44. The van der Waals surface area contributed by atoms with E-state index in [2.05, 4.69) is 14.7 Å². The molecule has 2 atom stereocenters. The maximum Gasteiger partial charge on any atom is 0.377 e. The Morgan fingerprint density at radius 2 is 2.31 bits per heavy atom. The lowest BCUT2D eigenvalue weighted by atomic mass is 10.2. The molecule has 7 heteroatoms. The summed E-state index contributed by atoms with van der Waals surface area (Å²) in [5, 5.41) is 20.6. The van der Waals surface area contributed by atoms with Gasteiger partial charge in [0.05, 0.1) is 6.10 Å². The lowest BCUT2D eigenvalue weighted by Crippen LogP contribution is -2.23. The number of nitrogens with two attached hydrogens (primary N) is 1. The molecule has 0 aliphatic heterocycles. The van der Waals surface area contributed by atoms with Crippen molar-refractivity contribution < 1.29 is 19.5 Å². The third-order valence-corrected chi connectivity index (χ3v) is 1.44. The minimum Gasteiger partial charge on any atom is -0.475 e. The lowest BCUT2D eigenvalue weighted by Gasteiger charge is -2.07. The molecule has 0 aliphatic rings. The van der Waals surface area contributed by atoms with E-state index in [1.807, 2.05) is 0 Å². The van der Waals surface area contributed by atoms with Gasteiger partial charge in [0, 0.05) is 0 Å². The predicted octanol–water partition coefficient (Wildman–Crippen LogP) is -0.852. The molecular formula is C6H9N3O4. The minimum absolute atomic E-state index is 0.0904. The average Bonchev–Trinajstić information content (AvgIpc) is 2.50. The third-order valence-electron chi connectivity index (χ3n) is 1.44. The summed E-state index contributed by atoms with van der Waals surface area (Å²) in [7, 11) is 0. The Morgan fingerprint density at radius 3 is 2.69 bits per heavy atom. The number of nitrogens with zero attached hydrogens (tertiary/aromatic N) is 2. The first-order chi connectivity index (χ1) is 6.02. The summed E-state index contributed by atoms with van der Waals surface area (Å²) in [6.07, 6.45) is -0.873. The second-order valence-corrected chi connectivity index (χ2v) is 2.53. The fraction of sp³-hybridized carbons (Fsp3) is 0.500. The lowest BCUT2D eigenvalue weighted by molar-refractivity contribution is 0.0680. The van der Waals surface area contributed by atoms with Gasteiger partial charge in [0.25, 0.3) is 5.82 Å². The largest absolute Gasteiger partial charge is 0.475 e. The van der Waals surface area contributed by atoms with Gasteiger partial charge in [-0.25, -0.2) is 4.79 Å². The Morgan fingerprint density at radius 1 is 1.69 bits per heavy atom. The zero-order valence-electron chi connectivity index (χ0n) is 6.84. The van der Waals surface area contributed by atoms with Gasteiger partial charge in [0.2, 0.25) is 5.89 Å². The van der Waals surface area contributed by atoms with Gasteiger partial charge in [-0.1, -0.05) is 0 Å². The summed E-state index contributed by atoms with van der Waals surface area (Å²) >= 11 is 0. The summed E-state index contributed by atoms with van der Waals surface area (Å²) in [6, 6.07) is -0.861. The highest BCUT2D eigenvalue weighted by Crippen LogP contribution is 2.11. The zero-order valence-corrected chi connectivity index (χ0v) is 6.84. The van der Waals surface area contributed by atoms with Crippen LogP contribution in [0.2, 0.25) is 0 Å². The van der Waals surface area contributed by atoms with Crippen molar-refractivity contribution in [2.45, 2.75) is 19.1 Å². The second kappa shape index (κ2) is 3.50. The molecule has 0 saturated carbocycles. The van der Waals surface area contributed by atoms with Crippen LogP contribution in [0.5, 0.6) is 0 Å². The smallest absolute Gasteiger partial charge is 0.377 e. The van der Waals surface area contributed by atoms with Gasteiger partial charge in [-0.15, -0.1) is 0 Å². The summed E-state index contributed by atoms with van der Waals surface area (Å²) < 4.78 is 4.52. The summed E-state index contributed by atoms with van der Waals surface area (Å²) in [5.74, 6) is -1.86. The molecule has 0 spiro atoms. The van der Waals surface area contributed by atoms with E-state index in [-0.39, 0.29) is 5.89 Å². The van der Waals surface area contributed by atoms with Crippen LogP contribution in [0.25, 0.3) is 0 Å². The summed E-state index contributed by atoms with van der Waals surface area (Å²) in [5.41, 5.74) is 5.41.